The quantitative estimate of drug-likeness (QED) is 0.303. The Morgan fingerprint density at radius 1 is 1.62 bits per heavy atom. The van der Waals surface area contributed by atoms with Crippen molar-refractivity contribution in [1.82, 2.24) is 5.32 Å². The lowest BCUT2D eigenvalue weighted by Gasteiger charge is -1.98. The molecule has 13 heavy (non-hydrogen) atoms. The van der Waals surface area contributed by atoms with E-state index < -0.39 is 11.3 Å². The number of nitrogens with one attached hydrogen (secondary N) is 1. The molecule has 0 radical (unpaired) electrons. The molecule has 0 aromatic rings. The van der Waals surface area contributed by atoms with E-state index in [1.807, 2.05) is 0 Å². The number of carbonyl (C=O) groups is 2. The second-order valence-electron chi connectivity index (χ2n) is 1.89. The van der Waals surface area contributed by atoms with Gasteiger partial charge in [-0.2, -0.15) is 0 Å². The van der Waals surface area contributed by atoms with Crippen LogP contribution in [0.15, 0.2) is 5.16 Å². The maximum atomic E-state index is 10.6. The number of nitrogens with two attached hydrogens (primary N) is 1. The first kappa shape index (κ1) is 11.8. The summed E-state index contributed by atoms with van der Waals surface area (Å²) in [7, 11) is 1.41. The number of thioether (sulfide) groups is 1. The summed E-state index contributed by atoms with van der Waals surface area (Å²) < 4.78 is 0. The van der Waals surface area contributed by atoms with Crippen LogP contribution in [0.2, 0.25) is 0 Å². The molecule has 0 saturated heterocycles. The van der Waals surface area contributed by atoms with Crippen LogP contribution in [-0.4, -0.2) is 23.4 Å². The molecule has 0 bridgehead atoms. The van der Waals surface area contributed by atoms with Gasteiger partial charge in [0.05, 0.1) is 0 Å². The first-order valence-electron chi connectivity index (χ1n) is 3.53. The van der Waals surface area contributed by atoms with Crippen LogP contribution in [0.1, 0.15) is 13.3 Å². The summed E-state index contributed by atoms with van der Waals surface area (Å²) in [4.78, 5) is 25.3. The van der Waals surface area contributed by atoms with Crippen molar-refractivity contribution in [3.8, 4) is 0 Å². The van der Waals surface area contributed by atoms with Crippen molar-refractivity contribution < 1.29 is 14.4 Å². The van der Waals surface area contributed by atoms with Crippen LogP contribution in [-0.2, 0) is 4.84 Å². The van der Waals surface area contributed by atoms with E-state index in [2.05, 4.69) is 15.3 Å². The Labute approximate surface area is 79.9 Å². The minimum absolute atomic E-state index is 0.358. The van der Waals surface area contributed by atoms with E-state index in [-0.39, 0.29) is 0 Å². The van der Waals surface area contributed by atoms with Gasteiger partial charge in [-0.15, -0.1) is 0 Å². The Morgan fingerprint density at radius 3 is 2.62 bits per heavy atom. The van der Waals surface area contributed by atoms with E-state index in [1.54, 1.807) is 6.92 Å². The van der Waals surface area contributed by atoms with Gasteiger partial charge in [-0.3, -0.25) is 9.63 Å². The van der Waals surface area contributed by atoms with Gasteiger partial charge in [-0.1, -0.05) is 12.1 Å². The van der Waals surface area contributed by atoms with Crippen molar-refractivity contribution in [2.24, 2.45) is 10.9 Å². The average Bonchev–Trinajstić information content (AvgIpc) is 2.10. The smallest absolute Gasteiger partial charge is 0.360 e. The average molecular weight is 205 g/mol. The van der Waals surface area contributed by atoms with E-state index >= 15 is 0 Å². The van der Waals surface area contributed by atoms with Gasteiger partial charge in [0, 0.05) is 7.05 Å². The van der Waals surface area contributed by atoms with Crippen LogP contribution in [0.5, 0.6) is 0 Å². The van der Waals surface area contributed by atoms with E-state index in [4.69, 9.17) is 5.73 Å². The minimum atomic E-state index is -0.684. The van der Waals surface area contributed by atoms with Gasteiger partial charge in [0.1, 0.15) is 5.04 Å². The molecule has 0 unspecified atom stereocenters. The molecule has 0 aromatic heterocycles. The summed E-state index contributed by atoms with van der Waals surface area (Å²) in [5.41, 5.74) is 4.89. The highest BCUT2D eigenvalue weighted by Gasteiger charge is 2.04. The number of nitrogens with zero attached hydrogens (tertiary/aromatic N) is 1. The SMILES string of the molecule is CCC(=NOC(=O)NC)SC(N)=O. The molecule has 0 aliphatic carbocycles. The maximum absolute atomic E-state index is 10.6. The van der Waals surface area contributed by atoms with Crippen LogP contribution >= 0.6 is 11.8 Å². The highest BCUT2D eigenvalue weighted by atomic mass is 32.2. The van der Waals surface area contributed by atoms with Gasteiger partial charge in [0.15, 0.2) is 0 Å². The highest BCUT2D eigenvalue weighted by molar-refractivity contribution is 8.26. The lowest BCUT2D eigenvalue weighted by Crippen LogP contribution is -2.17. The molecule has 0 aliphatic rings. The van der Waals surface area contributed by atoms with Gasteiger partial charge in [0.25, 0.3) is 5.24 Å². The van der Waals surface area contributed by atoms with Crippen LogP contribution in [0, 0.1) is 0 Å². The number of rotatable bonds is 2. The molecule has 0 heterocycles. The largest absolute Gasteiger partial charge is 0.433 e. The van der Waals surface area contributed by atoms with E-state index in [9.17, 15) is 9.59 Å². The molecule has 0 fully saturated rings. The van der Waals surface area contributed by atoms with Gasteiger partial charge in [0.2, 0.25) is 0 Å². The van der Waals surface area contributed by atoms with Crippen molar-refractivity contribution >= 4 is 28.1 Å². The fraction of sp³-hybridized carbons (Fsp3) is 0.500. The molecule has 0 saturated carbocycles. The number of primary amides is 1. The second kappa shape index (κ2) is 6.30. The normalized spacial score (nSPS) is 10.8. The third-order valence-corrected chi connectivity index (χ3v) is 1.76. The first-order chi connectivity index (χ1) is 6.10. The zero-order chi connectivity index (χ0) is 10.3. The highest BCUT2D eigenvalue weighted by Crippen LogP contribution is 2.07. The van der Waals surface area contributed by atoms with Crippen molar-refractivity contribution in [2.75, 3.05) is 7.05 Å². The standard InChI is InChI=1S/C6H11N3O3S/c1-3-4(13-5(7)10)9-12-6(11)8-2/h3H2,1-2H3,(H2,7,10)(H,8,11). The topological polar surface area (TPSA) is 93.8 Å². The lowest BCUT2D eigenvalue weighted by atomic mass is 10.5. The summed E-state index contributed by atoms with van der Waals surface area (Å²) >= 11 is 0.736. The number of hydrogen-bond donors (Lipinski definition) is 2. The van der Waals surface area contributed by atoms with Crippen LogP contribution in [0.25, 0.3) is 0 Å². The molecule has 0 atom stereocenters. The number of oxime groups is 1. The van der Waals surface area contributed by atoms with Crippen LogP contribution < -0.4 is 11.1 Å². The molecule has 0 spiro atoms. The van der Waals surface area contributed by atoms with Gasteiger partial charge in [-0.05, 0) is 18.2 Å². The molecule has 3 N–H and O–H groups in total. The van der Waals surface area contributed by atoms with E-state index in [0.29, 0.717) is 11.5 Å². The van der Waals surface area contributed by atoms with Gasteiger partial charge >= 0.3 is 6.09 Å². The number of carbonyl (C=O) groups excluding carboxylic acids is 2. The van der Waals surface area contributed by atoms with Crippen molar-refractivity contribution in [1.29, 1.82) is 0 Å². The molecule has 74 valence electrons. The molecule has 2 amide bonds. The Morgan fingerprint density at radius 2 is 2.23 bits per heavy atom. The summed E-state index contributed by atoms with van der Waals surface area (Å²) in [6.07, 6.45) is -0.207. The Bertz CT molecular complexity index is 229. The Kier molecular flexibility index (Phi) is 5.69. The van der Waals surface area contributed by atoms with Crippen molar-refractivity contribution in [3.05, 3.63) is 0 Å². The summed E-state index contributed by atoms with van der Waals surface area (Å²) in [6, 6.07) is 0. The summed E-state index contributed by atoms with van der Waals surface area (Å²) in [5, 5.41) is 5.40. The molecule has 6 nitrogen and oxygen atoms in total. The molecular formula is C6H11N3O3S. The number of hydrogen-bond acceptors (Lipinski definition) is 5. The predicted molar refractivity (Wildman–Crippen MR) is 50.4 cm³/mol. The minimum Gasteiger partial charge on any atom is -0.360 e. The molecule has 7 heteroatoms. The zero-order valence-corrected chi connectivity index (χ0v) is 8.18. The maximum Gasteiger partial charge on any atom is 0.433 e. The zero-order valence-electron chi connectivity index (χ0n) is 7.36. The van der Waals surface area contributed by atoms with Gasteiger partial charge in [-0.25, -0.2) is 4.79 Å². The molecular weight excluding hydrogens is 194 g/mol. The number of amides is 2. The van der Waals surface area contributed by atoms with E-state index in [0.717, 1.165) is 11.8 Å². The third-order valence-electron chi connectivity index (χ3n) is 0.955. The predicted octanol–water partition coefficient (Wildman–Crippen LogP) is 0.878. The van der Waals surface area contributed by atoms with Gasteiger partial charge < -0.3 is 11.1 Å². The Hall–Kier alpha value is -1.24. The van der Waals surface area contributed by atoms with Crippen LogP contribution in [0.4, 0.5) is 9.59 Å². The van der Waals surface area contributed by atoms with Crippen molar-refractivity contribution in [2.45, 2.75) is 13.3 Å². The first-order valence-corrected chi connectivity index (χ1v) is 4.34. The fourth-order valence-corrected chi connectivity index (χ4v) is 0.861. The Balaban J connectivity index is 4.06. The lowest BCUT2D eigenvalue weighted by molar-refractivity contribution is 0.153. The second-order valence-corrected chi connectivity index (χ2v) is 2.97. The summed E-state index contributed by atoms with van der Waals surface area (Å²) in [5.74, 6) is 0. The monoisotopic (exact) mass is 205 g/mol. The molecule has 0 rings (SSSR count). The van der Waals surface area contributed by atoms with E-state index in [1.165, 1.54) is 7.05 Å². The van der Waals surface area contributed by atoms with Crippen molar-refractivity contribution in [3.63, 3.8) is 0 Å². The van der Waals surface area contributed by atoms with Crippen LogP contribution in [0.3, 0.4) is 0 Å². The third kappa shape index (κ3) is 5.97. The summed E-state index contributed by atoms with van der Waals surface area (Å²) in [6.45, 7) is 1.77. The molecule has 0 aliphatic heterocycles. The fourth-order valence-electron chi connectivity index (χ4n) is 0.409. The molecule has 0 aromatic carbocycles.